The monoisotopic (exact) mass is 523 g/mol. The van der Waals surface area contributed by atoms with E-state index in [1.54, 1.807) is 0 Å². The summed E-state index contributed by atoms with van der Waals surface area (Å²) in [5.41, 5.74) is -3.87. The molecule has 0 atom stereocenters. The van der Waals surface area contributed by atoms with Crippen LogP contribution in [0.5, 0.6) is 0 Å². The van der Waals surface area contributed by atoms with Crippen LogP contribution < -0.4 is 10.6 Å². The highest BCUT2D eigenvalue weighted by Crippen LogP contribution is 2.38. The van der Waals surface area contributed by atoms with E-state index in [9.17, 15) is 40.0 Å². The Labute approximate surface area is 195 Å². The van der Waals surface area contributed by atoms with Crippen LogP contribution in [-0.2, 0) is 22.2 Å². The minimum Gasteiger partial charge on any atom is -0.367 e. The van der Waals surface area contributed by atoms with Gasteiger partial charge in [0.15, 0.2) is 4.91 Å². The Hall–Kier alpha value is -2.91. The molecule has 2 aromatic rings. The highest BCUT2D eigenvalue weighted by Gasteiger charge is 2.37. The van der Waals surface area contributed by atoms with Crippen LogP contribution in [0, 0.1) is 11.3 Å². The van der Waals surface area contributed by atoms with E-state index in [1.807, 2.05) is 0 Å². The van der Waals surface area contributed by atoms with Crippen molar-refractivity contribution in [3.8, 4) is 6.07 Å². The molecule has 182 valence electrons. The van der Waals surface area contributed by atoms with Gasteiger partial charge >= 0.3 is 12.4 Å². The lowest BCUT2D eigenvalue weighted by atomic mass is 9.93. The number of anilines is 1. The molecule has 2 N–H and O–H groups in total. The van der Waals surface area contributed by atoms with Crippen LogP contribution in [0.3, 0.4) is 0 Å². The smallest absolute Gasteiger partial charge is 0.367 e. The Morgan fingerprint density at radius 2 is 1.50 bits per heavy atom. The number of halogens is 7. The Bertz CT molecular complexity index is 1210. The van der Waals surface area contributed by atoms with E-state index >= 15 is 0 Å². The van der Waals surface area contributed by atoms with Crippen molar-refractivity contribution < 1.29 is 34.8 Å². The van der Waals surface area contributed by atoms with Gasteiger partial charge < -0.3 is 10.6 Å². The Balaban J connectivity index is 2.15. The fraction of sp³-hybridized carbons (Fsp3) is 0.286. The molecule has 0 saturated heterocycles. The normalized spacial score (nSPS) is 15.7. The summed E-state index contributed by atoms with van der Waals surface area (Å²) in [7, 11) is -4.50. The summed E-state index contributed by atoms with van der Waals surface area (Å²) in [6, 6.07) is 6.72. The van der Waals surface area contributed by atoms with Crippen LogP contribution in [0.4, 0.5) is 32.0 Å². The maximum absolute atomic E-state index is 13.2. The molecule has 0 radical (unpaired) electrons. The molecule has 2 aromatic carbocycles. The van der Waals surface area contributed by atoms with E-state index in [-0.39, 0.29) is 22.0 Å². The van der Waals surface area contributed by atoms with E-state index in [4.69, 9.17) is 11.6 Å². The lowest BCUT2D eigenvalue weighted by molar-refractivity contribution is -0.143. The van der Waals surface area contributed by atoms with Crippen LogP contribution in [-0.4, -0.2) is 14.5 Å². The second-order valence-corrected chi connectivity index (χ2v) is 9.79. The molecule has 1 aliphatic rings. The van der Waals surface area contributed by atoms with Gasteiger partial charge in [0.05, 0.1) is 16.0 Å². The SMILES string of the molecule is N#CC(=C(Nc1cc(C(F)(F)F)cc(C(F)(F)F)c1)NC1CCC1)S(=O)(=O)c1ccc(Cl)cc1. The second-order valence-electron chi connectivity index (χ2n) is 7.47. The standard InChI is InChI=1S/C21H16ClF6N3O2S/c22-14-4-6-17(7-5-14)34(32,33)18(11-29)19(30-15-2-1-3-15)31-16-9-12(20(23,24)25)8-13(10-16)21(26,27)28/h4-10,15,30-31H,1-3H2. The highest BCUT2D eigenvalue weighted by atomic mass is 35.5. The number of rotatable bonds is 6. The number of alkyl halides is 6. The zero-order valence-electron chi connectivity index (χ0n) is 17.1. The van der Waals surface area contributed by atoms with Gasteiger partial charge in [-0.15, -0.1) is 0 Å². The molecule has 0 aromatic heterocycles. The Kier molecular flexibility index (Phi) is 7.10. The van der Waals surface area contributed by atoms with Gasteiger partial charge in [-0.25, -0.2) is 8.42 Å². The first-order valence-electron chi connectivity index (χ1n) is 9.70. The summed E-state index contributed by atoms with van der Waals surface area (Å²) in [5.74, 6) is -0.519. The molecule has 0 amide bonds. The molecule has 5 nitrogen and oxygen atoms in total. The predicted octanol–water partition coefficient (Wildman–Crippen LogP) is 6.10. The molecule has 0 unspecified atom stereocenters. The topological polar surface area (TPSA) is 82.0 Å². The number of sulfone groups is 1. The summed E-state index contributed by atoms with van der Waals surface area (Å²) in [4.78, 5) is -1.23. The first-order valence-corrected chi connectivity index (χ1v) is 11.6. The van der Waals surface area contributed by atoms with Crippen molar-refractivity contribution in [2.45, 2.75) is 42.6 Å². The number of nitriles is 1. The average Bonchev–Trinajstić information content (AvgIpc) is 2.69. The molecule has 0 bridgehead atoms. The number of benzene rings is 2. The van der Waals surface area contributed by atoms with Crippen LogP contribution in [0.2, 0.25) is 5.02 Å². The van der Waals surface area contributed by atoms with Gasteiger partial charge in [-0.05, 0) is 61.7 Å². The third-order valence-corrected chi connectivity index (χ3v) is 7.01. The van der Waals surface area contributed by atoms with Crippen molar-refractivity contribution in [3.05, 3.63) is 69.3 Å². The van der Waals surface area contributed by atoms with Crippen molar-refractivity contribution in [3.63, 3.8) is 0 Å². The number of nitrogens with one attached hydrogen (secondary N) is 2. The molecule has 0 spiro atoms. The molecule has 1 saturated carbocycles. The van der Waals surface area contributed by atoms with Gasteiger partial charge in [0.2, 0.25) is 9.84 Å². The molecule has 0 heterocycles. The average molecular weight is 524 g/mol. The van der Waals surface area contributed by atoms with E-state index in [0.717, 1.165) is 18.6 Å². The van der Waals surface area contributed by atoms with Crippen LogP contribution >= 0.6 is 11.6 Å². The lowest BCUT2D eigenvalue weighted by Crippen LogP contribution is -2.38. The van der Waals surface area contributed by atoms with Gasteiger partial charge in [0.1, 0.15) is 11.9 Å². The van der Waals surface area contributed by atoms with Crippen molar-refractivity contribution in [1.29, 1.82) is 5.26 Å². The van der Waals surface area contributed by atoms with Gasteiger partial charge in [0, 0.05) is 16.8 Å². The lowest BCUT2D eigenvalue weighted by Gasteiger charge is -2.30. The summed E-state index contributed by atoms with van der Waals surface area (Å²) >= 11 is 5.76. The van der Waals surface area contributed by atoms with Crippen molar-refractivity contribution in [1.82, 2.24) is 5.32 Å². The minimum absolute atomic E-state index is 0.0520. The zero-order valence-corrected chi connectivity index (χ0v) is 18.6. The third kappa shape index (κ3) is 5.77. The van der Waals surface area contributed by atoms with Crippen molar-refractivity contribution in [2.75, 3.05) is 5.32 Å². The number of hydrogen-bond donors (Lipinski definition) is 2. The summed E-state index contributed by atoms with van der Waals surface area (Å²) in [5, 5.41) is 14.9. The van der Waals surface area contributed by atoms with E-state index in [2.05, 4.69) is 10.6 Å². The maximum Gasteiger partial charge on any atom is 0.416 e. The van der Waals surface area contributed by atoms with E-state index in [1.165, 1.54) is 18.2 Å². The summed E-state index contributed by atoms with van der Waals surface area (Å²) in [6.45, 7) is 0. The molecule has 0 aliphatic heterocycles. The van der Waals surface area contributed by atoms with Gasteiger partial charge in [-0.2, -0.15) is 31.6 Å². The predicted molar refractivity (Wildman–Crippen MR) is 112 cm³/mol. The largest absolute Gasteiger partial charge is 0.416 e. The fourth-order valence-corrected chi connectivity index (χ4v) is 4.42. The molecule has 34 heavy (non-hydrogen) atoms. The van der Waals surface area contributed by atoms with Crippen LogP contribution in [0.15, 0.2) is 58.1 Å². The molecule has 13 heteroatoms. The first-order chi connectivity index (χ1) is 15.7. The van der Waals surface area contributed by atoms with E-state index < -0.39 is 49.7 Å². The van der Waals surface area contributed by atoms with Gasteiger partial charge in [-0.1, -0.05) is 11.6 Å². The Morgan fingerprint density at radius 3 is 1.91 bits per heavy atom. The first kappa shape index (κ1) is 25.7. The van der Waals surface area contributed by atoms with Crippen molar-refractivity contribution >= 4 is 27.1 Å². The van der Waals surface area contributed by atoms with Gasteiger partial charge in [-0.3, -0.25) is 0 Å². The highest BCUT2D eigenvalue weighted by molar-refractivity contribution is 7.95. The van der Waals surface area contributed by atoms with Crippen molar-refractivity contribution in [2.24, 2.45) is 0 Å². The van der Waals surface area contributed by atoms with Crippen LogP contribution in [0.1, 0.15) is 30.4 Å². The second kappa shape index (κ2) is 9.38. The Morgan fingerprint density at radius 1 is 0.971 bits per heavy atom. The number of allylic oxidation sites excluding steroid dienone is 1. The summed E-state index contributed by atoms with van der Waals surface area (Å²) in [6.07, 6.45) is -8.28. The number of hydrogen-bond acceptors (Lipinski definition) is 5. The third-order valence-electron chi connectivity index (χ3n) is 5.03. The van der Waals surface area contributed by atoms with Crippen LogP contribution in [0.25, 0.3) is 0 Å². The number of nitrogens with zero attached hydrogens (tertiary/aromatic N) is 1. The molecular weight excluding hydrogens is 508 g/mol. The molecule has 1 fully saturated rings. The quantitative estimate of drug-likeness (QED) is 0.353. The minimum atomic E-state index is -5.10. The molecule has 1 aliphatic carbocycles. The summed E-state index contributed by atoms with van der Waals surface area (Å²) < 4.78 is 106. The zero-order chi connectivity index (χ0) is 25.3. The van der Waals surface area contributed by atoms with E-state index in [0.29, 0.717) is 25.0 Å². The maximum atomic E-state index is 13.2. The van der Waals surface area contributed by atoms with Gasteiger partial charge in [0.25, 0.3) is 0 Å². The fourth-order valence-electron chi connectivity index (χ4n) is 3.07. The molecular formula is C21H16ClF6N3O2S. The molecule has 3 rings (SSSR count).